The Morgan fingerprint density at radius 2 is 0.767 bits per heavy atom. The lowest BCUT2D eigenvalue weighted by Crippen LogP contribution is -2.11. The first-order valence-corrected chi connectivity index (χ1v) is 25.1. The SMILES string of the molecule is CCCCCCCC/C=C\CCCCCCCC(=O)OCCCCOc1cc(CN(C)C)cc(OCCCCOC(=O)CCCCCCC/C=C\CCCCCCCC)c1. The molecule has 0 bridgehead atoms. The molecule has 7 nitrogen and oxygen atoms in total. The Kier molecular flexibility index (Phi) is 39.5. The third-order valence-corrected chi connectivity index (χ3v) is 10.9. The van der Waals surface area contributed by atoms with Crippen molar-refractivity contribution in [2.75, 3.05) is 40.5 Å². The Bertz CT molecular complexity index is 1100. The van der Waals surface area contributed by atoms with Gasteiger partial charge in [0, 0.05) is 25.5 Å². The molecule has 60 heavy (non-hydrogen) atoms. The van der Waals surface area contributed by atoms with Crippen LogP contribution in [0.2, 0.25) is 0 Å². The maximum Gasteiger partial charge on any atom is 0.305 e. The normalized spacial score (nSPS) is 11.6. The highest BCUT2D eigenvalue weighted by molar-refractivity contribution is 5.69. The Labute approximate surface area is 370 Å². The minimum Gasteiger partial charge on any atom is -0.493 e. The molecule has 0 aromatic heterocycles. The topological polar surface area (TPSA) is 74.3 Å². The second kappa shape index (κ2) is 42.9. The number of esters is 2. The van der Waals surface area contributed by atoms with Crippen LogP contribution in [-0.2, 0) is 25.6 Å². The van der Waals surface area contributed by atoms with Crippen LogP contribution in [0.1, 0.15) is 225 Å². The number of unbranched alkanes of at least 4 members (excludes halogenated alkanes) is 24. The fourth-order valence-electron chi connectivity index (χ4n) is 7.24. The fraction of sp³-hybridized carbons (Fsp3) is 0.774. The fourth-order valence-corrected chi connectivity index (χ4v) is 7.24. The zero-order chi connectivity index (χ0) is 43.4. The molecule has 1 rings (SSSR count). The van der Waals surface area contributed by atoms with Gasteiger partial charge in [0.25, 0.3) is 0 Å². The summed E-state index contributed by atoms with van der Waals surface area (Å²) >= 11 is 0. The first kappa shape index (κ1) is 55.2. The number of hydrogen-bond donors (Lipinski definition) is 0. The van der Waals surface area contributed by atoms with Gasteiger partial charge in [0.2, 0.25) is 0 Å². The first-order chi connectivity index (χ1) is 29.4. The second-order valence-corrected chi connectivity index (χ2v) is 17.3. The van der Waals surface area contributed by atoms with Gasteiger partial charge in [-0.3, -0.25) is 9.59 Å². The molecule has 0 atom stereocenters. The van der Waals surface area contributed by atoms with Crippen molar-refractivity contribution >= 4 is 11.9 Å². The van der Waals surface area contributed by atoms with E-state index in [1.165, 1.54) is 141 Å². The van der Waals surface area contributed by atoms with Gasteiger partial charge < -0.3 is 23.8 Å². The lowest BCUT2D eigenvalue weighted by Gasteiger charge is -2.15. The van der Waals surface area contributed by atoms with E-state index in [-0.39, 0.29) is 11.9 Å². The predicted octanol–water partition coefficient (Wildman–Crippen LogP) is 15.2. The van der Waals surface area contributed by atoms with Crippen LogP contribution in [0.4, 0.5) is 0 Å². The molecule has 0 amide bonds. The zero-order valence-electron chi connectivity index (χ0n) is 39.6. The molecule has 0 aliphatic carbocycles. The van der Waals surface area contributed by atoms with Crippen LogP contribution < -0.4 is 9.47 Å². The third kappa shape index (κ3) is 38.1. The van der Waals surface area contributed by atoms with Crippen molar-refractivity contribution in [3.63, 3.8) is 0 Å². The first-order valence-electron chi connectivity index (χ1n) is 25.1. The highest BCUT2D eigenvalue weighted by atomic mass is 16.5. The standard InChI is InChI=1S/C53H93NO6/c1-5-7-9-11-13-15-17-19-21-23-25-27-29-31-33-39-52(55)59-43-37-35-41-57-50-45-49(48-54(3)4)46-51(47-50)58-42-36-38-44-60-53(56)40-34-32-30-28-26-24-22-20-18-16-14-12-10-8-6-2/h19-22,45-47H,5-18,23-44,48H2,1-4H3/b21-19-,22-20-. The van der Waals surface area contributed by atoms with Crippen LogP contribution in [0.3, 0.4) is 0 Å². The Morgan fingerprint density at radius 1 is 0.433 bits per heavy atom. The number of allylic oxidation sites excluding steroid dienone is 4. The summed E-state index contributed by atoms with van der Waals surface area (Å²) in [6.45, 7) is 7.31. The molecule has 0 aliphatic heterocycles. The summed E-state index contributed by atoms with van der Waals surface area (Å²) < 4.78 is 23.1. The Balaban J connectivity index is 2.08. The van der Waals surface area contributed by atoms with E-state index >= 15 is 0 Å². The number of carbonyl (C=O) groups is 2. The number of rotatable bonds is 44. The molecular weight excluding hydrogens is 747 g/mol. The summed E-state index contributed by atoms with van der Waals surface area (Å²) in [5.74, 6) is 1.41. The van der Waals surface area contributed by atoms with Gasteiger partial charge in [-0.1, -0.05) is 141 Å². The van der Waals surface area contributed by atoms with Crippen LogP contribution in [0.15, 0.2) is 42.5 Å². The van der Waals surface area contributed by atoms with Crippen LogP contribution in [0, 0.1) is 0 Å². The average Bonchev–Trinajstić information content (AvgIpc) is 3.23. The van der Waals surface area contributed by atoms with Crippen molar-refractivity contribution in [2.24, 2.45) is 0 Å². The number of hydrogen-bond acceptors (Lipinski definition) is 7. The molecule has 0 unspecified atom stereocenters. The number of ether oxygens (including phenoxy) is 4. The minimum absolute atomic E-state index is 0.0846. The average molecular weight is 840 g/mol. The molecule has 0 spiro atoms. The van der Waals surface area contributed by atoms with Crippen LogP contribution in [-0.4, -0.2) is 57.4 Å². The molecular formula is C53H93NO6. The second-order valence-electron chi connectivity index (χ2n) is 17.3. The van der Waals surface area contributed by atoms with E-state index in [1.54, 1.807) is 0 Å². The van der Waals surface area contributed by atoms with E-state index in [4.69, 9.17) is 18.9 Å². The van der Waals surface area contributed by atoms with Crippen molar-refractivity contribution in [3.05, 3.63) is 48.1 Å². The summed E-state index contributed by atoms with van der Waals surface area (Å²) in [5.41, 5.74) is 1.13. The van der Waals surface area contributed by atoms with Gasteiger partial charge in [0.1, 0.15) is 11.5 Å². The highest BCUT2D eigenvalue weighted by Gasteiger charge is 2.08. The molecule has 0 radical (unpaired) electrons. The highest BCUT2D eigenvalue weighted by Crippen LogP contribution is 2.25. The van der Waals surface area contributed by atoms with Gasteiger partial charge in [-0.25, -0.2) is 0 Å². The van der Waals surface area contributed by atoms with Crippen LogP contribution >= 0.6 is 0 Å². The van der Waals surface area contributed by atoms with Crippen molar-refractivity contribution in [2.45, 2.75) is 226 Å². The molecule has 7 heteroatoms. The minimum atomic E-state index is -0.0846. The Hall–Kier alpha value is -2.80. The van der Waals surface area contributed by atoms with E-state index in [9.17, 15) is 9.59 Å². The quantitative estimate of drug-likeness (QED) is 0.0368. The van der Waals surface area contributed by atoms with E-state index < -0.39 is 0 Å². The van der Waals surface area contributed by atoms with Crippen molar-refractivity contribution in [3.8, 4) is 11.5 Å². The molecule has 0 saturated heterocycles. The van der Waals surface area contributed by atoms with Gasteiger partial charge in [-0.2, -0.15) is 0 Å². The van der Waals surface area contributed by atoms with Crippen molar-refractivity contribution in [1.29, 1.82) is 0 Å². The van der Waals surface area contributed by atoms with Gasteiger partial charge in [-0.05, 0) is 122 Å². The summed E-state index contributed by atoms with van der Waals surface area (Å²) in [6.07, 6.45) is 46.2. The largest absolute Gasteiger partial charge is 0.493 e. The molecule has 0 N–H and O–H groups in total. The number of benzene rings is 1. The van der Waals surface area contributed by atoms with Crippen LogP contribution in [0.5, 0.6) is 11.5 Å². The summed E-state index contributed by atoms with van der Waals surface area (Å²) in [4.78, 5) is 26.5. The van der Waals surface area contributed by atoms with Gasteiger partial charge >= 0.3 is 11.9 Å². The number of carbonyl (C=O) groups excluding carboxylic acids is 2. The van der Waals surface area contributed by atoms with Gasteiger partial charge in [-0.15, -0.1) is 0 Å². The molecule has 0 fully saturated rings. The lowest BCUT2D eigenvalue weighted by atomic mass is 10.1. The van der Waals surface area contributed by atoms with Crippen molar-refractivity contribution in [1.82, 2.24) is 4.90 Å². The van der Waals surface area contributed by atoms with Crippen LogP contribution in [0.25, 0.3) is 0 Å². The van der Waals surface area contributed by atoms with E-state index in [1.807, 2.05) is 20.2 Å². The maximum atomic E-state index is 12.2. The van der Waals surface area contributed by atoms with E-state index in [2.05, 4.69) is 55.2 Å². The Morgan fingerprint density at radius 3 is 1.13 bits per heavy atom. The molecule has 0 aliphatic rings. The molecule has 0 heterocycles. The molecule has 1 aromatic carbocycles. The zero-order valence-corrected chi connectivity index (χ0v) is 39.6. The maximum absolute atomic E-state index is 12.2. The van der Waals surface area contributed by atoms with Crippen molar-refractivity contribution < 1.29 is 28.5 Å². The van der Waals surface area contributed by atoms with Gasteiger partial charge in [0.05, 0.1) is 26.4 Å². The van der Waals surface area contributed by atoms with E-state index in [0.29, 0.717) is 39.3 Å². The summed E-state index contributed by atoms with van der Waals surface area (Å²) in [7, 11) is 4.10. The smallest absolute Gasteiger partial charge is 0.305 e. The van der Waals surface area contributed by atoms with Gasteiger partial charge in [0.15, 0.2) is 0 Å². The summed E-state index contributed by atoms with van der Waals surface area (Å²) in [6, 6.07) is 6.08. The lowest BCUT2D eigenvalue weighted by molar-refractivity contribution is -0.144. The molecule has 1 aromatic rings. The van der Waals surface area contributed by atoms with E-state index in [0.717, 1.165) is 75.0 Å². The predicted molar refractivity (Wildman–Crippen MR) is 254 cm³/mol. The number of nitrogens with zero attached hydrogens (tertiary/aromatic N) is 1. The summed E-state index contributed by atoms with van der Waals surface area (Å²) in [5, 5.41) is 0. The third-order valence-electron chi connectivity index (χ3n) is 10.9. The monoisotopic (exact) mass is 840 g/mol. The molecule has 346 valence electrons. The molecule has 0 saturated carbocycles.